The average molecular weight is 327 g/mol. The molecule has 0 aliphatic heterocycles. The fourth-order valence-electron chi connectivity index (χ4n) is 2.65. The van der Waals surface area contributed by atoms with Crippen molar-refractivity contribution in [3.05, 3.63) is 56.6 Å². The molecule has 24 heavy (non-hydrogen) atoms. The number of anilines is 1. The summed E-state index contributed by atoms with van der Waals surface area (Å²) in [6.07, 6.45) is 0.0322. The second-order valence-electron chi connectivity index (χ2n) is 5.78. The first-order valence-electron chi connectivity index (χ1n) is 7.39. The molecule has 0 amide bonds. The van der Waals surface area contributed by atoms with Gasteiger partial charge in [-0.25, -0.2) is 0 Å². The highest BCUT2D eigenvalue weighted by molar-refractivity contribution is 5.73. The highest BCUT2D eigenvalue weighted by Crippen LogP contribution is 2.17. The molecule has 0 saturated carbocycles. The van der Waals surface area contributed by atoms with Gasteiger partial charge in [-0.05, 0) is 31.0 Å². The highest BCUT2D eigenvalue weighted by Gasteiger charge is 2.17. The summed E-state index contributed by atoms with van der Waals surface area (Å²) in [5.41, 5.74) is 9.55. The number of fused-ring (bicyclic) bond motifs is 1. The third-order valence-electron chi connectivity index (χ3n) is 3.92. The molecule has 8 heteroatoms. The maximum atomic E-state index is 12.6. The molecule has 8 nitrogen and oxygen atoms in total. The van der Waals surface area contributed by atoms with E-state index in [4.69, 9.17) is 10.8 Å². The molecular formula is C16H17N5O3. The third-order valence-corrected chi connectivity index (χ3v) is 3.92. The van der Waals surface area contributed by atoms with Gasteiger partial charge in [0.05, 0.1) is 6.42 Å². The van der Waals surface area contributed by atoms with Gasteiger partial charge in [0.1, 0.15) is 5.69 Å². The summed E-state index contributed by atoms with van der Waals surface area (Å²) in [4.78, 5) is 23.6. The summed E-state index contributed by atoms with van der Waals surface area (Å²) >= 11 is 0. The van der Waals surface area contributed by atoms with E-state index in [1.54, 1.807) is 6.92 Å². The van der Waals surface area contributed by atoms with Crippen LogP contribution in [0.1, 0.15) is 28.1 Å². The third kappa shape index (κ3) is 2.73. The molecule has 1 aromatic carbocycles. The molecule has 3 rings (SSSR count). The van der Waals surface area contributed by atoms with Crippen molar-refractivity contribution in [1.82, 2.24) is 19.8 Å². The monoisotopic (exact) mass is 327 g/mol. The average Bonchev–Trinajstić information content (AvgIpc) is 2.81. The van der Waals surface area contributed by atoms with Gasteiger partial charge >= 0.3 is 5.97 Å². The summed E-state index contributed by atoms with van der Waals surface area (Å²) < 4.78 is 1.24. The molecule has 0 bridgehead atoms. The summed E-state index contributed by atoms with van der Waals surface area (Å²) in [5.74, 6) is -0.995. The van der Waals surface area contributed by atoms with E-state index in [9.17, 15) is 9.59 Å². The number of hydrogen-bond acceptors (Lipinski definition) is 5. The van der Waals surface area contributed by atoms with Crippen LogP contribution < -0.4 is 11.3 Å². The topological polar surface area (TPSA) is 126 Å². The predicted octanol–water partition coefficient (Wildman–Crippen LogP) is 0.835. The molecule has 0 atom stereocenters. The maximum absolute atomic E-state index is 12.6. The van der Waals surface area contributed by atoms with Crippen LogP contribution in [0.5, 0.6) is 0 Å². The minimum Gasteiger partial charge on any atom is -0.481 e. The Bertz CT molecular complexity index is 1000. The quantitative estimate of drug-likeness (QED) is 0.609. The number of carboxylic acid groups (broad SMARTS) is 1. The predicted molar refractivity (Wildman–Crippen MR) is 88.1 cm³/mol. The molecule has 4 N–H and O–H groups in total. The van der Waals surface area contributed by atoms with Crippen molar-refractivity contribution in [2.45, 2.75) is 26.7 Å². The number of aliphatic carboxylic acids is 1. The minimum absolute atomic E-state index is 0.225. The molecule has 0 fully saturated rings. The van der Waals surface area contributed by atoms with E-state index in [2.05, 4.69) is 15.3 Å². The number of hydrogen-bond donors (Lipinski definition) is 3. The number of carbonyl (C=O) groups is 1. The molecule has 2 heterocycles. The number of nitrogen functional groups attached to an aromatic ring is 1. The maximum Gasteiger partial charge on any atom is 0.308 e. The number of aromatic amines is 1. The van der Waals surface area contributed by atoms with Crippen LogP contribution in [0.3, 0.4) is 0 Å². The second-order valence-corrected chi connectivity index (χ2v) is 5.78. The first-order chi connectivity index (χ1) is 11.4. The van der Waals surface area contributed by atoms with Crippen molar-refractivity contribution in [1.29, 1.82) is 0 Å². The number of carboxylic acids is 1. The van der Waals surface area contributed by atoms with Gasteiger partial charge < -0.3 is 10.8 Å². The lowest BCUT2D eigenvalue weighted by Gasteiger charge is -2.05. The number of aromatic nitrogens is 4. The molecule has 0 saturated heterocycles. The van der Waals surface area contributed by atoms with Gasteiger partial charge in [0.25, 0.3) is 5.56 Å². The van der Waals surface area contributed by atoms with Crippen LogP contribution in [0.4, 0.5) is 5.69 Å². The fraction of sp³-hybridized carbons (Fsp3) is 0.250. The van der Waals surface area contributed by atoms with Crippen LogP contribution >= 0.6 is 0 Å². The Morgan fingerprint density at radius 2 is 2.08 bits per heavy atom. The Morgan fingerprint density at radius 1 is 1.33 bits per heavy atom. The van der Waals surface area contributed by atoms with Crippen LogP contribution in [0.15, 0.2) is 23.0 Å². The van der Waals surface area contributed by atoms with Gasteiger partial charge in [0, 0.05) is 23.4 Å². The number of aryl methyl sites for hydroxylation is 2. The van der Waals surface area contributed by atoms with E-state index >= 15 is 0 Å². The van der Waals surface area contributed by atoms with Crippen molar-refractivity contribution in [3.8, 4) is 0 Å². The largest absolute Gasteiger partial charge is 0.481 e. The number of nitrogens with two attached hydrogens (primary N) is 1. The molecule has 2 aromatic heterocycles. The Hall–Kier alpha value is -3.16. The van der Waals surface area contributed by atoms with Crippen molar-refractivity contribution < 1.29 is 9.90 Å². The van der Waals surface area contributed by atoms with Crippen LogP contribution in [0.2, 0.25) is 0 Å². The Labute approximate surface area is 136 Å². The molecule has 0 unspecified atom stereocenters. The molecule has 0 radical (unpaired) electrons. The smallest absolute Gasteiger partial charge is 0.308 e. The number of rotatable bonds is 4. The number of nitrogens with one attached hydrogen (secondary N) is 1. The number of benzene rings is 1. The van der Waals surface area contributed by atoms with Gasteiger partial charge in [-0.1, -0.05) is 12.1 Å². The molecule has 0 aliphatic rings. The summed E-state index contributed by atoms with van der Waals surface area (Å²) in [7, 11) is 0. The lowest BCUT2D eigenvalue weighted by molar-refractivity contribution is -0.136. The SMILES string of the molecule is Cc1ccc(Cc2nnc3c(CC(=O)O)c(C)[nH]n3c2=O)c(N)c1. The standard InChI is InChI=1S/C16H17N5O3/c1-8-3-4-10(12(17)5-8)6-13-16(24)21-15(19-18-13)11(7-14(22)23)9(2)20-21/h3-5,20H,6-7,17H2,1-2H3,(H,22,23). The second kappa shape index (κ2) is 5.80. The Balaban J connectivity index is 2.06. The molecule has 3 aromatic rings. The van der Waals surface area contributed by atoms with Gasteiger partial charge in [0.2, 0.25) is 0 Å². The van der Waals surface area contributed by atoms with Crippen LogP contribution in [0.25, 0.3) is 5.65 Å². The first kappa shape index (κ1) is 15.7. The van der Waals surface area contributed by atoms with Gasteiger partial charge in [-0.15, -0.1) is 10.2 Å². The molecule has 124 valence electrons. The van der Waals surface area contributed by atoms with Gasteiger partial charge in [-0.3, -0.25) is 14.7 Å². The Morgan fingerprint density at radius 3 is 2.75 bits per heavy atom. The minimum atomic E-state index is -0.995. The number of H-pyrrole nitrogens is 1. The van der Waals surface area contributed by atoms with Crippen LogP contribution in [-0.4, -0.2) is 30.9 Å². The lowest BCUT2D eigenvalue weighted by Crippen LogP contribution is -2.23. The van der Waals surface area contributed by atoms with E-state index in [1.165, 1.54) is 4.52 Å². The summed E-state index contributed by atoms with van der Waals surface area (Å²) in [6.45, 7) is 3.64. The van der Waals surface area contributed by atoms with Gasteiger partial charge in [-0.2, -0.15) is 4.52 Å². The zero-order valence-corrected chi connectivity index (χ0v) is 13.3. The van der Waals surface area contributed by atoms with Crippen molar-refractivity contribution in [3.63, 3.8) is 0 Å². The molecule has 0 aliphatic carbocycles. The summed E-state index contributed by atoms with van der Waals surface area (Å²) in [5, 5.41) is 19.9. The van der Waals surface area contributed by atoms with E-state index in [-0.39, 0.29) is 29.7 Å². The van der Waals surface area contributed by atoms with E-state index in [0.29, 0.717) is 16.9 Å². The zero-order chi connectivity index (χ0) is 17.4. The van der Waals surface area contributed by atoms with Crippen molar-refractivity contribution in [2.24, 2.45) is 0 Å². The molecular weight excluding hydrogens is 310 g/mol. The highest BCUT2D eigenvalue weighted by atomic mass is 16.4. The van der Waals surface area contributed by atoms with Crippen molar-refractivity contribution >= 4 is 17.3 Å². The van der Waals surface area contributed by atoms with E-state index < -0.39 is 5.97 Å². The Kier molecular flexibility index (Phi) is 3.80. The van der Waals surface area contributed by atoms with Crippen molar-refractivity contribution in [2.75, 3.05) is 5.73 Å². The molecule has 0 spiro atoms. The van der Waals surface area contributed by atoms with E-state index in [1.807, 2.05) is 25.1 Å². The van der Waals surface area contributed by atoms with E-state index in [0.717, 1.165) is 11.1 Å². The normalized spacial score (nSPS) is 11.1. The fourth-order valence-corrected chi connectivity index (χ4v) is 2.65. The van der Waals surface area contributed by atoms with Crippen LogP contribution in [-0.2, 0) is 17.6 Å². The van der Waals surface area contributed by atoms with Gasteiger partial charge in [0.15, 0.2) is 5.65 Å². The van der Waals surface area contributed by atoms with Crippen LogP contribution in [0, 0.1) is 13.8 Å². The summed E-state index contributed by atoms with van der Waals surface area (Å²) in [6, 6.07) is 5.61. The number of nitrogens with zero attached hydrogens (tertiary/aromatic N) is 3. The zero-order valence-electron chi connectivity index (χ0n) is 13.3. The lowest BCUT2D eigenvalue weighted by atomic mass is 10.1. The first-order valence-corrected chi connectivity index (χ1v) is 7.39.